The van der Waals surface area contributed by atoms with Gasteiger partial charge in [0.1, 0.15) is 5.75 Å². The Morgan fingerprint density at radius 1 is 1.35 bits per heavy atom. The molecular weight excluding hydrogens is 256 g/mol. The van der Waals surface area contributed by atoms with E-state index in [1.165, 1.54) is 0 Å². The summed E-state index contributed by atoms with van der Waals surface area (Å²) in [6.45, 7) is 3.89. The average Bonchev–Trinajstić information content (AvgIpc) is 2.78. The lowest BCUT2D eigenvalue weighted by Gasteiger charge is -2.26. The molecule has 0 saturated heterocycles. The molecule has 0 radical (unpaired) electrons. The van der Waals surface area contributed by atoms with Crippen molar-refractivity contribution in [3.05, 3.63) is 48.0 Å². The first kappa shape index (κ1) is 14.1. The van der Waals surface area contributed by atoms with Gasteiger partial charge < -0.3 is 14.4 Å². The summed E-state index contributed by atoms with van der Waals surface area (Å²) in [5.41, 5.74) is 0.187. The number of imidazole rings is 1. The van der Waals surface area contributed by atoms with Crippen LogP contribution in [0.15, 0.2) is 36.7 Å². The fourth-order valence-electron chi connectivity index (χ4n) is 2.14. The molecule has 106 valence electrons. The van der Waals surface area contributed by atoms with E-state index >= 15 is 0 Å². The molecule has 0 aliphatic rings. The zero-order chi connectivity index (χ0) is 14.8. The maximum absolute atomic E-state index is 10.6. The Balaban J connectivity index is 2.13. The number of aryl methyl sites for hydroxylation is 1. The molecule has 5 heteroatoms. The maximum Gasteiger partial charge on any atom is 0.307 e. The summed E-state index contributed by atoms with van der Waals surface area (Å²) in [4.78, 5) is 14.9. The zero-order valence-electron chi connectivity index (χ0n) is 11.8. The molecule has 5 nitrogen and oxygen atoms in total. The van der Waals surface area contributed by atoms with Crippen molar-refractivity contribution >= 4 is 5.97 Å². The minimum atomic E-state index is -0.841. The van der Waals surface area contributed by atoms with Gasteiger partial charge in [-0.3, -0.25) is 4.79 Å². The fourth-order valence-corrected chi connectivity index (χ4v) is 2.14. The summed E-state index contributed by atoms with van der Waals surface area (Å²) < 4.78 is 7.87. The molecule has 0 atom stereocenters. The number of hydrogen-bond acceptors (Lipinski definition) is 3. The Bertz CT molecular complexity index is 600. The highest BCUT2D eigenvalue weighted by Gasteiger charge is 2.27. The van der Waals surface area contributed by atoms with Gasteiger partial charge in [0.05, 0.1) is 6.42 Å². The van der Waals surface area contributed by atoms with Gasteiger partial charge in [-0.05, 0) is 31.5 Å². The highest BCUT2D eigenvalue weighted by Crippen LogP contribution is 2.26. The molecule has 0 aliphatic heterocycles. The predicted octanol–water partition coefficient (Wildman–Crippen LogP) is 2.36. The van der Waals surface area contributed by atoms with Crippen molar-refractivity contribution in [3.63, 3.8) is 0 Å². The van der Waals surface area contributed by atoms with Gasteiger partial charge in [-0.15, -0.1) is 0 Å². The number of ether oxygens (including phenoxy) is 1. The number of aromatic nitrogens is 2. The highest BCUT2D eigenvalue weighted by atomic mass is 16.5. The summed E-state index contributed by atoms with van der Waals surface area (Å²) in [5.74, 6) is 0.672. The molecule has 1 N–H and O–H groups in total. The van der Waals surface area contributed by atoms with Gasteiger partial charge >= 0.3 is 5.97 Å². The smallest absolute Gasteiger partial charge is 0.307 e. The van der Waals surface area contributed by atoms with Crippen LogP contribution in [0, 0.1) is 0 Å². The number of carbonyl (C=O) groups is 1. The number of nitrogens with zero attached hydrogens (tertiary/aromatic N) is 2. The van der Waals surface area contributed by atoms with Crippen LogP contribution in [0.2, 0.25) is 0 Å². The Labute approximate surface area is 117 Å². The van der Waals surface area contributed by atoms with Crippen LogP contribution in [0.25, 0.3) is 0 Å². The van der Waals surface area contributed by atoms with Crippen molar-refractivity contribution in [1.29, 1.82) is 0 Å². The van der Waals surface area contributed by atoms with Crippen LogP contribution in [-0.2, 0) is 23.9 Å². The van der Waals surface area contributed by atoms with Gasteiger partial charge in [0, 0.05) is 19.4 Å². The minimum Gasteiger partial charge on any atom is -0.481 e. The van der Waals surface area contributed by atoms with Gasteiger partial charge in [0.15, 0.2) is 11.4 Å². The molecule has 1 aromatic carbocycles. The van der Waals surface area contributed by atoms with Crippen LogP contribution in [0.5, 0.6) is 5.75 Å². The Kier molecular flexibility index (Phi) is 3.79. The molecule has 0 bridgehead atoms. The summed E-state index contributed by atoms with van der Waals surface area (Å²) in [6, 6.07) is 7.09. The molecule has 0 aliphatic carbocycles. The van der Waals surface area contributed by atoms with E-state index in [9.17, 15) is 4.79 Å². The zero-order valence-corrected chi connectivity index (χ0v) is 11.8. The lowest BCUT2D eigenvalue weighted by Crippen LogP contribution is -2.28. The van der Waals surface area contributed by atoms with E-state index < -0.39 is 11.6 Å². The summed E-state index contributed by atoms with van der Waals surface area (Å²) >= 11 is 0. The molecule has 0 unspecified atom stereocenters. The molecule has 0 fully saturated rings. The number of benzene rings is 1. The van der Waals surface area contributed by atoms with Crippen molar-refractivity contribution in [2.75, 3.05) is 0 Å². The molecule has 2 aromatic rings. The molecule has 0 saturated carbocycles. The molecule has 0 amide bonds. The second-order valence-corrected chi connectivity index (χ2v) is 5.19. The van der Waals surface area contributed by atoms with E-state index in [0.29, 0.717) is 5.75 Å². The van der Waals surface area contributed by atoms with Crippen LogP contribution < -0.4 is 4.74 Å². The SMILES string of the molecule is Cn1ccnc1C(C)(C)Oc1ccc(CC(=O)O)cc1. The molecule has 20 heavy (non-hydrogen) atoms. The van der Waals surface area contributed by atoms with Gasteiger partial charge in [-0.1, -0.05) is 12.1 Å². The molecule has 1 aromatic heterocycles. The van der Waals surface area contributed by atoms with E-state index in [2.05, 4.69) is 4.98 Å². The van der Waals surface area contributed by atoms with Gasteiger partial charge in [-0.2, -0.15) is 0 Å². The quantitative estimate of drug-likeness (QED) is 0.909. The Hall–Kier alpha value is -2.30. The van der Waals surface area contributed by atoms with Crippen LogP contribution in [0.4, 0.5) is 0 Å². The van der Waals surface area contributed by atoms with Crippen LogP contribution in [0.1, 0.15) is 25.2 Å². The van der Waals surface area contributed by atoms with Crippen molar-refractivity contribution in [3.8, 4) is 5.75 Å². The largest absolute Gasteiger partial charge is 0.481 e. The molecular formula is C15H18N2O3. The van der Waals surface area contributed by atoms with E-state index in [4.69, 9.17) is 9.84 Å². The lowest BCUT2D eigenvalue weighted by molar-refractivity contribution is -0.136. The Morgan fingerprint density at radius 3 is 2.50 bits per heavy atom. The van der Waals surface area contributed by atoms with Crippen molar-refractivity contribution in [2.45, 2.75) is 25.9 Å². The summed E-state index contributed by atoms with van der Waals surface area (Å²) in [5, 5.41) is 8.74. The third kappa shape index (κ3) is 3.17. The second-order valence-electron chi connectivity index (χ2n) is 5.19. The third-order valence-electron chi connectivity index (χ3n) is 3.01. The lowest BCUT2D eigenvalue weighted by atomic mass is 10.1. The molecule has 2 rings (SSSR count). The minimum absolute atomic E-state index is 0.0169. The summed E-state index contributed by atoms with van der Waals surface area (Å²) in [7, 11) is 1.92. The van der Waals surface area contributed by atoms with Gasteiger partial charge in [0.2, 0.25) is 0 Å². The Morgan fingerprint density at radius 2 is 2.00 bits per heavy atom. The van der Waals surface area contributed by atoms with Crippen molar-refractivity contribution < 1.29 is 14.6 Å². The number of hydrogen-bond donors (Lipinski definition) is 1. The van der Waals surface area contributed by atoms with Crippen LogP contribution in [-0.4, -0.2) is 20.6 Å². The van der Waals surface area contributed by atoms with E-state index in [0.717, 1.165) is 11.4 Å². The number of aliphatic carboxylic acids is 1. The first-order valence-electron chi connectivity index (χ1n) is 6.36. The van der Waals surface area contributed by atoms with E-state index in [1.807, 2.05) is 31.7 Å². The predicted molar refractivity (Wildman–Crippen MR) is 74.6 cm³/mol. The highest BCUT2D eigenvalue weighted by molar-refractivity contribution is 5.70. The first-order chi connectivity index (χ1) is 9.38. The maximum atomic E-state index is 10.6. The van der Waals surface area contributed by atoms with Crippen molar-refractivity contribution in [1.82, 2.24) is 9.55 Å². The van der Waals surface area contributed by atoms with Gasteiger partial charge in [-0.25, -0.2) is 4.98 Å². The molecule has 0 spiro atoms. The van der Waals surface area contributed by atoms with Crippen LogP contribution >= 0.6 is 0 Å². The number of rotatable bonds is 5. The second kappa shape index (κ2) is 5.36. The van der Waals surface area contributed by atoms with Crippen molar-refractivity contribution in [2.24, 2.45) is 7.05 Å². The summed E-state index contributed by atoms with van der Waals surface area (Å²) in [6.07, 6.45) is 3.62. The monoisotopic (exact) mass is 274 g/mol. The first-order valence-corrected chi connectivity index (χ1v) is 6.36. The number of carboxylic acids is 1. The van der Waals surface area contributed by atoms with E-state index in [1.54, 1.807) is 30.5 Å². The average molecular weight is 274 g/mol. The van der Waals surface area contributed by atoms with Crippen LogP contribution in [0.3, 0.4) is 0 Å². The topological polar surface area (TPSA) is 64.4 Å². The van der Waals surface area contributed by atoms with Gasteiger partial charge in [0.25, 0.3) is 0 Å². The van der Waals surface area contributed by atoms with E-state index in [-0.39, 0.29) is 6.42 Å². The standard InChI is InChI=1S/C15H18N2O3/c1-15(2,14-16-8-9-17(14)3)20-12-6-4-11(5-7-12)10-13(18)19/h4-9H,10H2,1-3H3,(H,18,19). The number of carboxylic acid groups (broad SMARTS) is 1. The third-order valence-corrected chi connectivity index (χ3v) is 3.01. The normalized spacial score (nSPS) is 11.3. The molecule has 1 heterocycles. The fraction of sp³-hybridized carbons (Fsp3) is 0.333.